The van der Waals surface area contributed by atoms with E-state index in [2.05, 4.69) is 31.1 Å². The van der Waals surface area contributed by atoms with Gasteiger partial charge in [0.25, 0.3) is 29.2 Å². The maximum absolute atomic E-state index is 14.6. The predicted octanol–water partition coefficient (Wildman–Crippen LogP) is 4.81. The van der Waals surface area contributed by atoms with E-state index < -0.39 is 59.0 Å². The molecule has 0 fully saturated rings. The Bertz CT molecular complexity index is 3060. The number of fused-ring (bicyclic) bond motifs is 1. The smallest absolute Gasteiger partial charge is 0.434 e. The molecule has 340 valence electrons. The van der Waals surface area contributed by atoms with Crippen LogP contribution in [0.4, 0.5) is 29.1 Å². The van der Waals surface area contributed by atoms with E-state index in [9.17, 15) is 41.5 Å². The highest BCUT2D eigenvalue weighted by Crippen LogP contribution is 2.36. The fourth-order valence-corrected chi connectivity index (χ4v) is 6.91. The number of pyridine rings is 1. The molecule has 0 spiro atoms. The number of carbonyl (C=O) groups excluding carboxylic acids is 4. The molecule has 7 aromatic rings. The number of nitrogen functional groups attached to an aromatic ring is 1. The predicted molar refractivity (Wildman–Crippen MR) is 231 cm³/mol. The number of nitrogens with two attached hydrogens (primary N) is 2. The van der Waals surface area contributed by atoms with Crippen LogP contribution in [0.25, 0.3) is 27.7 Å². The van der Waals surface area contributed by atoms with Crippen LogP contribution in [0.1, 0.15) is 42.3 Å². The van der Waals surface area contributed by atoms with Gasteiger partial charge in [-0.3, -0.25) is 24.0 Å². The average molecular weight is 911 g/mol. The summed E-state index contributed by atoms with van der Waals surface area (Å²) in [4.78, 5) is 66.2. The number of hydrogen-bond acceptors (Lipinski definition) is 11. The Morgan fingerprint density at radius 1 is 0.864 bits per heavy atom. The van der Waals surface area contributed by atoms with Crippen molar-refractivity contribution in [2.75, 3.05) is 38.4 Å². The van der Waals surface area contributed by atoms with Gasteiger partial charge in [0.15, 0.2) is 12.3 Å². The molecule has 3 aromatic heterocycles. The maximum atomic E-state index is 14.6. The molecular formula is C44H38F4N10O8. The molecule has 22 heteroatoms. The van der Waals surface area contributed by atoms with Gasteiger partial charge in [-0.05, 0) is 42.0 Å². The van der Waals surface area contributed by atoms with Crippen LogP contribution in [0.2, 0.25) is 0 Å². The molecule has 18 nitrogen and oxygen atoms in total. The zero-order valence-electron chi connectivity index (χ0n) is 34.8. The van der Waals surface area contributed by atoms with Crippen LogP contribution >= 0.6 is 0 Å². The normalized spacial score (nSPS) is 11.2. The number of nitrogens with one attached hydrogen (secondary N) is 4. The lowest BCUT2D eigenvalue weighted by molar-refractivity contribution is -0.143. The number of rotatable bonds is 16. The van der Waals surface area contributed by atoms with Gasteiger partial charge in [-0.25, -0.2) is 13.8 Å². The minimum Gasteiger partial charge on any atom is -0.497 e. The number of benzene rings is 4. The van der Waals surface area contributed by atoms with E-state index in [0.717, 1.165) is 12.3 Å². The number of anilines is 2. The highest BCUT2D eigenvalue weighted by molar-refractivity contribution is 6.06. The first-order valence-electron chi connectivity index (χ1n) is 19.6. The number of ether oxygens (including phenoxy) is 3. The molecule has 0 aliphatic rings. The molecule has 4 amide bonds. The molecule has 0 aliphatic heterocycles. The number of halogens is 4. The third-order valence-corrected chi connectivity index (χ3v) is 10.0. The van der Waals surface area contributed by atoms with Crippen molar-refractivity contribution >= 4 is 45.9 Å². The summed E-state index contributed by atoms with van der Waals surface area (Å²) in [6, 6.07) is 19.8. The number of alkyl halides is 3. The van der Waals surface area contributed by atoms with Crippen LogP contribution in [0.3, 0.4) is 0 Å². The number of nitrogens with zero attached hydrogens (tertiary/aromatic N) is 4. The first kappa shape index (κ1) is 45.3. The minimum absolute atomic E-state index is 0.00384. The molecule has 0 bridgehead atoms. The Balaban J connectivity index is 0.973. The topological polar surface area (TPSA) is 253 Å². The first-order valence-corrected chi connectivity index (χ1v) is 19.6. The minimum atomic E-state index is -5.06. The van der Waals surface area contributed by atoms with Crippen LogP contribution in [0.15, 0.2) is 102 Å². The van der Waals surface area contributed by atoms with Gasteiger partial charge in [0.05, 0.1) is 43.8 Å². The molecule has 8 N–H and O–H groups in total. The highest BCUT2D eigenvalue weighted by Gasteiger charge is 2.41. The number of primary amides is 1. The molecule has 7 rings (SSSR count). The molecule has 3 heterocycles. The second-order valence-corrected chi connectivity index (χ2v) is 14.3. The molecule has 0 unspecified atom stereocenters. The average Bonchev–Trinajstić information content (AvgIpc) is 3.90. The summed E-state index contributed by atoms with van der Waals surface area (Å²) >= 11 is 0. The van der Waals surface area contributed by atoms with Crippen molar-refractivity contribution in [2.24, 2.45) is 5.73 Å². The monoisotopic (exact) mass is 910 g/mol. The maximum Gasteiger partial charge on any atom is 0.434 e. The van der Waals surface area contributed by atoms with Crippen molar-refractivity contribution in [3.8, 4) is 34.2 Å². The van der Waals surface area contributed by atoms with E-state index in [4.69, 9.17) is 25.7 Å². The molecule has 0 atom stereocenters. The van der Waals surface area contributed by atoms with Crippen LogP contribution < -0.4 is 47.2 Å². The van der Waals surface area contributed by atoms with Crippen molar-refractivity contribution in [2.45, 2.75) is 19.3 Å². The quantitative estimate of drug-likeness (QED) is 0.0718. The van der Waals surface area contributed by atoms with Gasteiger partial charge in [-0.15, -0.1) is 0 Å². The Labute approximate surface area is 370 Å². The van der Waals surface area contributed by atoms with Gasteiger partial charge in [-0.2, -0.15) is 23.4 Å². The Morgan fingerprint density at radius 3 is 2.33 bits per heavy atom. The summed E-state index contributed by atoms with van der Waals surface area (Å²) in [5.74, 6) is -3.50. The summed E-state index contributed by atoms with van der Waals surface area (Å²) in [5.41, 5.74) is 10.3. The second kappa shape index (κ2) is 19.0. The largest absolute Gasteiger partial charge is 0.497 e. The third kappa shape index (κ3) is 9.76. The van der Waals surface area contributed by atoms with Crippen LogP contribution in [0.5, 0.6) is 17.2 Å². The van der Waals surface area contributed by atoms with Crippen molar-refractivity contribution < 1.29 is 51.0 Å². The first-order chi connectivity index (χ1) is 31.6. The van der Waals surface area contributed by atoms with E-state index >= 15 is 0 Å². The lowest BCUT2D eigenvalue weighted by Crippen LogP contribution is -2.32. The summed E-state index contributed by atoms with van der Waals surface area (Å²) in [6.45, 7) is -0.509. The molecule has 4 aromatic carbocycles. The summed E-state index contributed by atoms with van der Waals surface area (Å²) in [5, 5.41) is 16.3. The molecule has 0 radical (unpaired) electrons. The van der Waals surface area contributed by atoms with Gasteiger partial charge in [0.1, 0.15) is 40.1 Å². The van der Waals surface area contributed by atoms with E-state index in [1.54, 1.807) is 24.3 Å². The zero-order valence-corrected chi connectivity index (χ0v) is 34.8. The lowest BCUT2D eigenvalue weighted by Gasteiger charge is -2.15. The molecular weight excluding hydrogens is 873 g/mol. The summed E-state index contributed by atoms with van der Waals surface area (Å²) in [6.07, 6.45) is -3.01. The molecule has 0 saturated heterocycles. The van der Waals surface area contributed by atoms with E-state index in [0.29, 0.717) is 15.8 Å². The highest BCUT2D eigenvalue weighted by atomic mass is 19.4. The number of amides is 4. The van der Waals surface area contributed by atoms with Crippen LogP contribution in [-0.4, -0.2) is 75.5 Å². The molecule has 0 saturated carbocycles. The fraction of sp³-hybridized carbons (Fsp3) is 0.159. The van der Waals surface area contributed by atoms with Gasteiger partial charge in [-0.1, -0.05) is 30.3 Å². The fourth-order valence-electron chi connectivity index (χ4n) is 6.91. The number of hydrogen-bond donors (Lipinski definition) is 6. The SMILES string of the molecule is COc1cc(NC(=O)c2cnn(-c3cccc4c(=O)[nH]ccc34)c2C(F)(F)F)cc(OCC(=O)NCCn2nc(-c3ccc(CNC(=O)c4cc(F)ccc4OC)cc3)c(C(N)=O)c2N)c1. The van der Waals surface area contributed by atoms with E-state index in [1.807, 2.05) is 0 Å². The number of H-pyrrole nitrogens is 1. The van der Waals surface area contributed by atoms with E-state index in [-0.39, 0.29) is 81.7 Å². The van der Waals surface area contributed by atoms with Crippen molar-refractivity contribution in [3.05, 3.63) is 141 Å². The van der Waals surface area contributed by atoms with Gasteiger partial charge >= 0.3 is 6.18 Å². The standard InChI is InChI=1S/C44H38F4N10O8/c1-64-27-17-26(55-43(63)32-21-54-58(38(32)44(46,47)48)33-5-3-4-30-29(33)12-13-52-41(30)61)18-28(19-27)66-22-35(59)51-14-15-57-39(49)36(40(50)60)37(56-57)24-8-6-23(7-9-24)20-53-42(62)31-16-25(45)10-11-34(31)65-2/h3-13,16-19,21H,14-15,20,22,49H2,1-2H3,(H2,50,60)(H,51,59)(H,52,61)(H,53,62)(H,55,63). The number of methoxy groups -OCH3 is 2. The lowest BCUT2D eigenvalue weighted by atomic mass is 10.0. The van der Waals surface area contributed by atoms with Crippen molar-refractivity contribution in [1.29, 1.82) is 0 Å². The van der Waals surface area contributed by atoms with Gasteiger partial charge < -0.3 is 46.6 Å². The Kier molecular flexibility index (Phi) is 13.0. The van der Waals surface area contributed by atoms with Crippen LogP contribution in [0, 0.1) is 5.82 Å². The Morgan fingerprint density at radius 2 is 1.62 bits per heavy atom. The van der Waals surface area contributed by atoms with E-state index in [1.165, 1.54) is 79.7 Å². The number of aromatic amines is 1. The summed E-state index contributed by atoms with van der Waals surface area (Å²) in [7, 11) is 2.67. The third-order valence-electron chi connectivity index (χ3n) is 10.0. The second-order valence-electron chi connectivity index (χ2n) is 14.3. The van der Waals surface area contributed by atoms with Crippen LogP contribution in [-0.2, 0) is 24.1 Å². The number of carbonyl (C=O) groups is 4. The summed E-state index contributed by atoms with van der Waals surface area (Å²) < 4.78 is 75.4. The zero-order chi connectivity index (χ0) is 47.3. The molecule has 66 heavy (non-hydrogen) atoms. The van der Waals surface area contributed by atoms with Crippen molar-refractivity contribution in [3.63, 3.8) is 0 Å². The Hall–Kier alpha value is -8.69. The molecule has 0 aliphatic carbocycles. The van der Waals surface area contributed by atoms with Gasteiger partial charge in [0, 0.05) is 59.5 Å². The van der Waals surface area contributed by atoms with Gasteiger partial charge in [0.2, 0.25) is 0 Å². The number of aromatic nitrogens is 5. The van der Waals surface area contributed by atoms with Crippen molar-refractivity contribution in [1.82, 2.24) is 35.2 Å².